The summed E-state index contributed by atoms with van der Waals surface area (Å²) >= 11 is 0. The number of aliphatic hydroxyl groups is 1. The van der Waals surface area contributed by atoms with Gasteiger partial charge in [-0.05, 0) is 31.4 Å². The zero-order valence-electron chi connectivity index (χ0n) is 11.1. The SMILES string of the molecule is Cc1ccc(C(O)COCCCC(F)(F)F)c(C)c1. The summed E-state index contributed by atoms with van der Waals surface area (Å²) < 4.78 is 40.8. The summed E-state index contributed by atoms with van der Waals surface area (Å²) in [7, 11) is 0. The Balaban J connectivity index is 2.33. The molecule has 0 heterocycles. The molecule has 1 aromatic rings. The van der Waals surface area contributed by atoms with Crippen molar-refractivity contribution in [1.29, 1.82) is 0 Å². The molecule has 0 aliphatic carbocycles. The van der Waals surface area contributed by atoms with Crippen LogP contribution in [0.3, 0.4) is 0 Å². The summed E-state index contributed by atoms with van der Waals surface area (Å²) in [5.74, 6) is 0. The van der Waals surface area contributed by atoms with Gasteiger partial charge in [-0.25, -0.2) is 0 Å². The molecular formula is C14H19F3O2. The third-order valence-electron chi connectivity index (χ3n) is 2.81. The number of hydrogen-bond donors (Lipinski definition) is 1. The van der Waals surface area contributed by atoms with Gasteiger partial charge in [0, 0.05) is 13.0 Å². The van der Waals surface area contributed by atoms with Gasteiger partial charge in [0.1, 0.15) is 6.10 Å². The van der Waals surface area contributed by atoms with Gasteiger partial charge in [0.15, 0.2) is 0 Å². The Hall–Kier alpha value is -1.07. The van der Waals surface area contributed by atoms with E-state index in [0.29, 0.717) is 0 Å². The van der Waals surface area contributed by atoms with E-state index in [2.05, 4.69) is 0 Å². The van der Waals surface area contributed by atoms with Crippen LogP contribution in [-0.2, 0) is 4.74 Å². The minimum Gasteiger partial charge on any atom is -0.386 e. The van der Waals surface area contributed by atoms with E-state index in [-0.39, 0.29) is 19.6 Å². The predicted molar refractivity (Wildman–Crippen MR) is 67.0 cm³/mol. The van der Waals surface area contributed by atoms with Crippen molar-refractivity contribution in [3.05, 3.63) is 34.9 Å². The lowest BCUT2D eigenvalue weighted by Crippen LogP contribution is -2.12. The molecular weight excluding hydrogens is 257 g/mol. The van der Waals surface area contributed by atoms with Crippen molar-refractivity contribution in [2.45, 2.75) is 39.0 Å². The second kappa shape index (κ2) is 6.91. The normalized spacial score (nSPS) is 13.6. The molecule has 0 fully saturated rings. The molecule has 0 saturated carbocycles. The number of ether oxygens (including phenoxy) is 1. The van der Waals surface area contributed by atoms with Gasteiger partial charge >= 0.3 is 6.18 Å². The van der Waals surface area contributed by atoms with E-state index in [1.54, 1.807) is 0 Å². The lowest BCUT2D eigenvalue weighted by molar-refractivity contribution is -0.138. The number of aryl methyl sites for hydroxylation is 2. The molecule has 1 aromatic carbocycles. The molecule has 5 heteroatoms. The van der Waals surface area contributed by atoms with E-state index in [4.69, 9.17) is 4.74 Å². The Morgan fingerprint density at radius 2 is 1.95 bits per heavy atom. The maximum Gasteiger partial charge on any atom is 0.389 e. The topological polar surface area (TPSA) is 29.5 Å². The van der Waals surface area contributed by atoms with Crippen LogP contribution in [0.4, 0.5) is 13.2 Å². The van der Waals surface area contributed by atoms with E-state index < -0.39 is 18.7 Å². The van der Waals surface area contributed by atoms with E-state index in [9.17, 15) is 18.3 Å². The monoisotopic (exact) mass is 276 g/mol. The second-order valence-electron chi connectivity index (χ2n) is 4.67. The first kappa shape index (κ1) is 16.0. The van der Waals surface area contributed by atoms with Crippen molar-refractivity contribution in [2.75, 3.05) is 13.2 Å². The van der Waals surface area contributed by atoms with Gasteiger partial charge in [-0.2, -0.15) is 13.2 Å². The van der Waals surface area contributed by atoms with Gasteiger partial charge in [-0.15, -0.1) is 0 Å². The third-order valence-corrected chi connectivity index (χ3v) is 2.81. The highest BCUT2D eigenvalue weighted by atomic mass is 19.4. The maximum atomic E-state index is 11.9. The highest BCUT2D eigenvalue weighted by Crippen LogP contribution is 2.22. The fourth-order valence-electron chi connectivity index (χ4n) is 1.86. The van der Waals surface area contributed by atoms with E-state index in [1.807, 2.05) is 32.0 Å². The van der Waals surface area contributed by atoms with Crippen LogP contribution in [0.15, 0.2) is 18.2 Å². The minimum absolute atomic E-state index is 0.00147. The van der Waals surface area contributed by atoms with Crippen LogP contribution in [0, 0.1) is 13.8 Å². The van der Waals surface area contributed by atoms with Crippen molar-refractivity contribution in [2.24, 2.45) is 0 Å². The van der Waals surface area contributed by atoms with Gasteiger partial charge in [0.05, 0.1) is 6.61 Å². The first-order chi connectivity index (χ1) is 8.79. The number of alkyl halides is 3. The van der Waals surface area contributed by atoms with Gasteiger partial charge in [0.2, 0.25) is 0 Å². The van der Waals surface area contributed by atoms with Crippen LogP contribution < -0.4 is 0 Å². The van der Waals surface area contributed by atoms with Crippen LogP contribution in [0.2, 0.25) is 0 Å². The van der Waals surface area contributed by atoms with Gasteiger partial charge < -0.3 is 9.84 Å². The van der Waals surface area contributed by atoms with Crippen LogP contribution in [-0.4, -0.2) is 24.5 Å². The zero-order valence-corrected chi connectivity index (χ0v) is 11.1. The Morgan fingerprint density at radius 3 is 2.53 bits per heavy atom. The summed E-state index contributed by atoms with van der Waals surface area (Å²) in [5.41, 5.74) is 2.80. The number of rotatable bonds is 6. The third kappa shape index (κ3) is 6.07. The molecule has 0 aliphatic rings. The molecule has 1 N–H and O–H groups in total. The molecule has 0 aliphatic heterocycles. The van der Waals surface area contributed by atoms with Gasteiger partial charge in [0.25, 0.3) is 0 Å². The summed E-state index contributed by atoms with van der Waals surface area (Å²) in [6.07, 6.45) is -5.88. The first-order valence-electron chi connectivity index (χ1n) is 6.19. The zero-order chi connectivity index (χ0) is 14.5. The van der Waals surface area contributed by atoms with Crippen molar-refractivity contribution in [3.63, 3.8) is 0 Å². The number of benzene rings is 1. The molecule has 0 spiro atoms. The smallest absolute Gasteiger partial charge is 0.386 e. The average Bonchev–Trinajstić information content (AvgIpc) is 2.26. The predicted octanol–water partition coefficient (Wildman–Crippen LogP) is 3.70. The fourth-order valence-corrected chi connectivity index (χ4v) is 1.86. The Bertz CT molecular complexity index is 402. The number of hydrogen-bond acceptors (Lipinski definition) is 2. The molecule has 1 unspecified atom stereocenters. The van der Waals surface area contributed by atoms with Crippen LogP contribution in [0.5, 0.6) is 0 Å². The van der Waals surface area contributed by atoms with Gasteiger partial charge in [-0.3, -0.25) is 0 Å². The lowest BCUT2D eigenvalue weighted by Gasteiger charge is -2.15. The van der Waals surface area contributed by atoms with Gasteiger partial charge in [-0.1, -0.05) is 23.8 Å². The molecule has 0 bridgehead atoms. The summed E-state index contributed by atoms with van der Waals surface area (Å²) in [6.45, 7) is 3.86. The van der Waals surface area contributed by atoms with Crippen LogP contribution in [0.25, 0.3) is 0 Å². The summed E-state index contributed by atoms with van der Waals surface area (Å²) in [6, 6.07) is 5.64. The lowest BCUT2D eigenvalue weighted by atomic mass is 10.0. The summed E-state index contributed by atoms with van der Waals surface area (Å²) in [5, 5.41) is 9.90. The molecule has 19 heavy (non-hydrogen) atoms. The first-order valence-corrected chi connectivity index (χ1v) is 6.19. The fraction of sp³-hybridized carbons (Fsp3) is 0.571. The highest BCUT2D eigenvalue weighted by Gasteiger charge is 2.26. The number of aliphatic hydroxyl groups excluding tert-OH is 1. The minimum atomic E-state index is -4.14. The second-order valence-corrected chi connectivity index (χ2v) is 4.67. The van der Waals surface area contributed by atoms with E-state index in [1.165, 1.54) is 0 Å². The molecule has 1 rings (SSSR count). The molecule has 0 radical (unpaired) electrons. The van der Waals surface area contributed by atoms with E-state index >= 15 is 0 Å². The standard InChI is InChI=1S/C14H19F3O2/c1-10-4-5-12(11(2)8-10)13(18)9-19-7-3-6-14(15,16)17/h4-5,8,13,18H,3,6-7,9H2,1-2H3. The Kier molecular flexibility index (Phi) is 5.82. The van der Waals surface area contributed by atoms with Crippen molar-refractivity contribution in [1.82, 2.24) is 0 Å². The largest absolute Gasteiger partial charge is 0.389 e. The van der Waals surface area contributed by atoms with Crippen molar-refractivity contribution < 1.29 is 23.0 Å². The molecule has 0 amide bonds. The molecule has 2 nitrogen and oxygen atoms in total. The molecule has 0 saturated heterocycles. The van der Waals surface area contributed by atoms with Crippen LogP contribution >= 0.6 is 0 Å². The van der Waals surface area contributed by atoms with Crippen LogP contribution in [0.1, 0.15) is 35.6 Å². The molecule has 108 valence electrons. The Labute approximate surface area is 111 Å². The molecule has 0 aromatic heterocycles. The van der Waals surface area contributed by atoms with Crippen molar-refractivity contribution in [3.8, 4) is 0 Å². The Morgan fingerprint density at radius 1 is 1.26 bits per heavy atom. The highest BCUT2D eigenvalue weighted by molar-refractivity contribution is 5.31. The van der Waals surface area contributed by atoms with Crippen molar-refractivity contribution >= 4 is 0 Å². The summed E-state index contributed by atoms with van der Waals surface area (Å²) in [4.78, 5) is 0. The molecule has 1 atom stereocenters. The number of halogens is 3. The average molecular weight is 276 g/mol. The maximum absolute atomic E-state index is 11.9. The quantitative estimate of drug-likeness (QED) is 0.803. The van der Waals surface area contributed by atoms with E-state index in [0.717, 1.165) is 16.7 Å².